The van der Waals surface area contributed by atoms with Crippen molar-refractivity contribution in [3.05, 3.63) is 87.5 Å². The number of aryl methyl sites for hydroxylation is 2. The van der Waals surface area contributed by atoms with Crippen molar-refractivity contribution in [3.63, 3.8) is 0 Å². The first kappa shape index (κ1) is 21.2. The molecule has 3 N–H and O–H groups in total. The second-order valence-corrected chi connectivity index (χ2v) is 11.1. The molecule has 0 amide bonds. The summed E-state index contributed by atoms with van der Waals surface area (Å²) in [4.78, 5) is 0. The van der Waals surface area contributed by atoms with E-state index in [0.717, 1.165) is 64.6 Å². The van der Waals surface area contributed by atoms with Gasteiger partial charge in [-0.1, -0.05) is 68.9 Å². The molecule has 2 aliphatic carbocycles. The van der Waals surface area contributed by atoms with Crippen molar-refractivity contribution in [2.24, 2.45) is 0 Å². The fourth-order valence-electron chi connectivity index (χ4n) is 6.74. The summed E-state index contributed by atoms with van der Waals surface area (Å²) in [5.41, 5.74) is 7.51. The van der Waals surface area contributed by atoms with Crippen LogP contribution in [0.25, 0.3) is 0 Å². The van der Waals surface area contributed by atoms with Crippen LogP contribution in [0.15, 0.2) is 48.5 Å². The van der Waals surface area contributed by atoms with Crippen molar-refractivity contribution in [2.75, 3.05) is 0 Å². The van der Waals surface area contributed by atoms with Crippen LogP contribution in [-0.2, 0) is 0 Å². The Morgan fingerprint density at radius 3 is 1.56 bits per heavy atom. The molecule has 0 bridgehead atoms. The third kappa shape index (κ3) is 4.85. The summed E-state index contributed by atoms with van der Waals surface area (Å²) in [7, 11) is 0. The van der Waals surface area contributed by atoms with Gasteiger partial charge in [0.05, 0.1) is 0 Å². The van der Waals surface area contributed by atoms with E-state index in [9.17, 15) is 0 Å². The molecule has 3 heteroatoms. The lowest BCUT2D eigenvalue weighted by Crippen LogP contribution is -2.12. The standard InChI is InChI=1S/C33H40O3/c1-21-17-31(35)28(23-11-5-3-6-12-23)19-26(21)33(25-15-9-10-16-30(25)34)27-20-29(32(36)18-22(27)2)24-13-7-4-8-14-24/h9-10,15-20,23-24,33-36H,3-8,11-14H2,1-2H3/i/hD3. The third-order valence-corrected chi connectivity index (χ3v) is 8.74. The minimum absolute atomic E-state index is 0.184. The molecular formula is C33H40O3. The zero-order valence-electron chi connectivity index (χ0n) is 24.6. The summed E-state index contributed by atoms with van der Waals surface area (Å²) in [5, 5.41) is 15.5. The SMILES string of the molecule is [2H]Oc1cc(C)c(C(c2cc(C3CCCCC3)c(O[2H])cc2C)c2ccccc2O[2H])cc1C1CCCCC1. The van der Waals surface area contributed by atoms with Crippen molar-refractivity contribution in [1.82, 2.24) is 0 Å². The van der Waals surface area contributed by atoms with Crippen molar-refractivity contribution in [3.8, 4) is 17.2 Å². The first-order valence-corrected chi connectivity index (χ1v) is 13.8. The molecule has 0 aromatic heterocycles. The molecule has 5 rings (SSSR count). The number of phenols is 3. The van der Waals surface area contributed by atoms with Crippen molar-refractivity contribution >= 4 is 0 Å². The summed E-state index contributed by atoms with van der Waals surface area (Å²) in [6.07, 6.45) is 11.7. The third-order valence-electron chi connectivity index (χ3n) is 8.74. The first-order chi connectivity index (χ1) is 19.0. The van der Waals surface area contributed by atoms with Gasteiger partial charge in [0.25, 0.3) is 4.29 Å². The maximum absolute atomic E-state index is 7.85. The van der Waals surface area contributed by atoms with Gasteiger partial charge in [0.1, 0.15) is 17.2 Å². The van der Waals surface area contributed by atoms with E-state index in [2.05, 4.69) is 32.0 Å². The van der Waals surface area contributed by atoms with Crippen LogP contribution in [0.3, 0.4) is 0 Å². The van der Waals surface area contributed by atoms with Gasteiger partial charge in [0, 0.05) is 11.5 Å². The quantitative estimate of drug-likeness (QED) is 0.278. The van der Waals surface area contributed by atoms with E-state index in [0.29, 0.717) is 29.1 Å². The van der Waals surface area contributed by atoms with Gasteiger partial charge >= 0.3 is 0 Å². The number of hydrogen-bond donors (Lipinski definition) is 3. The van der Waals surface area contributed by atoms with E-state index in [1.54, 1.807) is 0 Å². The number of rotatable bonds is 8. The summed E-state index contributed by atoms with van der Waals surface area (Å²) in [6.45, 7) is 4.16. The van der Waals surface area contributed by atoms with Gasteiger partial charge in [-0.05, 0) is 103 Å². The Morgan fingerprint density at radius 1 is 0.611 bits per heavy atom. The predicted molar refractivity (Wildman–Crippen MR) is 146 cm³/mol. The molecule has 0 atom stereocenters. The van der Waals surface area contributed by atoms with Gasteiger partial charge in [-0.15, -0.1) is 0 Å². The summed E-state index contributed by atoms with van der Waals surface area (Å²) >= 11 is 0. The van der Waals surface area contributed by atoms with Gasteiger partial charge in [0.2, 0.25) is 0 Å². The molecule has 0 spiro atoms. The highest BCUT2D eigenvalue weighted by atomic mass is 16.3. The Bertz CT molecular complexity index is 1200. The summed E-state index contributed by atoms with van der Waals surface area (Å²) < 4.78 is 23.5. The van der Waals surface area contributed by atoms with Gasteiger partial charge in [-0.3, -0.25) is 0 Å². The Hall–Kier alpha value is -2.94. The minimum Gasteiger partial charge on any atom is -0.508 e. The topological polar surface area (TPSA) is 60.7 Å². The van der Waals surface area contributed by atoms with Gasteiger partial charge in [0.15, 0.2) is 0 Å². The molecule has 2 aliphatic rings. The molecule has 0 aliphatic heterocycles. The Kier molecular flexibility index (Phi) is 6.22. The average molecular weight is 488 g/mol. The maximum atomic E-state index is 7.85. The van der Waals surface area contributed by atoms with Crippen molar-refractivity contribution in [1.29, 1.82) is 4.29 Å². The average Bonchev–Trinajstić information content (AvgIpc) is 2.99. The van der Waals surface area contributed by atoms with Crippen LogP contribution in [0.5, 0.6) is 17.2 Å². The molecule has 0 heterocycles. The molecule has 190 valence electrons. The van der Waals surface area contributed by atoms with Crippen LogP contribution in [0, 0.1) is 13.8 Å². The lowest BCUT2D eigenvalue weighted by molar-refractivity contribution is 0.413. The number of phenolic OH excluding ortho intramolecular Hbond substituents is 3. The monoisotopic (exact) mass is 487 g/mol. The molecule has 0 saturated heterocycles. The highest BCUT2D eigenvalue weighted by Crippen LogP contribution is 2.46. The first-order valence-electron chi connectivity index (χ1n) is 15.1. The molecule has 0 unspecified atom stereocenters. The molecule has 2 saturated carbocycles. The number of aromatic hydroxyl groups is 3. The maximum Gasteiger partial charge on any atom is 0.293 e. The van der Waals surface area contributed by atoms with Crippen LogP contribution >= 0.6 is 0 Å². The fourth-order valence-corrected chi connectivity index (χ4v) is 6.74. The predicted octanol–water partition coefficient (Wildman–Crippen LogP) is 8.70. The van der Waals surface area contributed by atoms with E-state index in [-0.39, 0.29) is 5.92 Å². The molecule has 3 aromatic carbocycles. The van der Waals surface area contributed by atoms with Crippen LogP contribution in [-0.4, -0.2) is 19.6 Å². The zero-order valence-corrected chi connectivity index (χ0v) is 21.6. The van der Waals surface area contributed by atoms with Gasteiger partial charge < -0.3 is 15.3 Å². The van der Waals surface area contributed by atoms with E-state index >= 15 is 0 Å². The molecule has 2 fully saturated rings. The lowest BCUT2D eigenvalue weighted by atomic mass is 9.75. The van der Waals surface area contributed by atoms with E-state index in [4.69, 9.17) is 19.6 Å². The molecular weight excluding hydrogens is 444 g/mol. The largest absolute Gasteiger partial charge is 0.508 e. The highest BCUT2D eigenvalue weighted by molar-refractivity contribution is 5.57. The fraction of sp³-hybridized carbons (Fsp3) is 0.455. The molecule has 3 aromatic rings. The molecule has 0 radical (unpaired) electrons. The highest BCUT2D eigenvalue weighted by Gasteiger charge is 2.29. The van der Waals surface area contributed by atoms with Crippen LogP contribution in [0.1, 0.15) is 121 Å². The van der Waals surface area contributed by atoms with E-state index < -0.39 is 0 Å². The van der Waals surface area contributed by atoms with Crippen molar-refractivity contribution in [2.45, 2.75) is 95.8 Å². The second-order valence-electron chi connectivity index (χ2n) is 11.1. The Labute approximate surface area is 220 Å². The van der Waals surface area contributed by atoms with Crippen LogP contribution < -0.4 is 0 Å². The lowest BCUT2D eigenvalue weighted by Gasteiger charge is -2.29. The number of hydrogen-bond acceptors (Lipinski definition) is 3. The van der Waals surface area contributed by atoms with Crippen LogP contribution in [0.2, 0.25) is 0 Å². The second kappa shape index (κ2) is 10.6. The normalized spacial score (nSPS) is 18.4. The Morgan fingerprint density at radius 2 is 1.08 bits per heavy atom. The Balaban J connectivity index is 1.73. The van der Waals surface area contributed by atoms with Crippen LogP contribution in [0.4, 0.5) is 0 Å². The van der Waals surface area contributed by atoms with E-state index in [1.165, 1.54) is 38.5 Å². The smallest absolute Gasteiger partial charge is 0.293 e. The molecule has 36 heavy (non-hydrogen) atoms. The molecule has 3 nitrogen and oxygen atoms in total. The van der Waals surface area contributed by atoms with Crippen molar-refractivity contribution < 1.29 is 15.3 Å². The van der Waals surface area contributed by atoms with E-state index in [1.807, 2.05) is 30.3 Å². The van der Waals surface area contributed by atoms with Gasteiger partial charge in [-0.2, -0.15) is 0 Å². The number of para-hydroxylation sites is 1. The summed E-state index contributed by atoms with van der Waals surface area (Å²) in [6, 6.07) is 16.4. The summed E-state index contributed by atoms with van der Waals surface area (Å²) in [5.74, 6) is 2.38. The minimum atomic E-state index is -0.184. The number of benzene rings is 3. The zero-order chi connectivity index (χ0) is 27.4. The van der Waals surface area contributed by atoms with Gasteiger partial charge in [-0.25, -0.2) is 0 Å².